The van der Waals surface area contributed by atoms with Crippen LogP contribution < -0.4 is 16.0 Å². The molecule has 62 heavy (non-hydrogen) atoms. The summed E-state index contributed by atoms with van der Waals surface area (Å²) in [7, 11) is -5.21. The van der Waals surface area contributed by atoms with Gasteiger partial charge in [-0.15, -0.1) is 0 Å². The zero-order chi connectivity index (χ0) is 45.2. The lowest BCUT2D eigenvalue weighted by atomic mass is 9.98. The summed E-state index contributed by atoms with van der Waals surface area (Å²) in [5, 5.41) is 11.4. The molecule has 5 heterocycles. The highest BCUT2D eigenvalue weighted by Crippen LogP contribution is 2.41. The standard InChI is InChI=1S/C39H50F2N7O13P/c1-19-9-31-39(55)59-22(4)33(44-34(50)28(13-23-11-24(40)14-25(41)12-23)43-32(49)15-26-10-20(2)60-45-26)38(54)48-18-27(61-62(56,57)58)16-30(48)37(53)46-8-6-5-7-29(46)35(51)42-21(3)36(52)47(31)17-19/h10-12,14,19,21-22,27-31,33H,5-9,13,15-18H2,1-4H3,(H,42,51)(H,43,49)(H,44,50)(H2,56,57,58)/t19-,21+,22+,27-,28+,29+,30+,31+,33+/m1/s1. The fraction of sp³-hybridized carbons (Fsp3) is 0.590. The number of ether oxygens (including phenoxy) is 1. The molecule has 1 aromatic carbocycles. The van der Waals surface area contributed by atoms with E-state index in [4.69, 9.17) is 13.8 Å². The lowest BCUT2D eigenvalue weighted by molar-refractivity contribution is -0.163. The predicted molar refractivity (Wildman–Crippen MR) is 208 cm³/mol. The van der Waals surface area contributed by atoms with Crippen LogP contribution in [0, 0.1) is 24.5 Å². The highest BCUT2D eigenvalue weighted by atomic mass is 31.2. The Kier molecular flexibility index (Phi) is 14.1. The summed E-state index contributed by atoms with van der Waals surface area (Å²) in [5.41, 5.74) is 0.124. The van der Waals surface area contributed by atoms with E-state index in [0.717, 1.165) is 17.0 Å². The number of halogens is 2. The largest absolute Gasteiger partial charge is 0.469 e. The highest BCUT2D eigenvalue weighted by Gasteiger charge is 2.50. The van der Waals surface area contributed by atoms with Crippen molar-refractivity contribution in [3.05, 3.63) is 52.9 Å². The number of carbonyl (C=O) groups is 7. The van der Waals surface area contributed by atoms with Crippen LogP contribution in [0.25, 0.3) is 0 Å². The zero-order valence-electron chi connectivity index (χ0n) is 34.5. The van der Waals surface area contributed by atoms with Gasteiger partial charge in [-0.3, -0.25) is 33.3 Å². The minimum Gasteiger partial charge on any atom is -0.458 e. The number of amides is 6. The third-order valence-electron chi connectivity index (χ3n) is 11.4. The van der Waals surface area contributed by atoms with Crippen molar-refractivity contribution < 1.29 is 70.5 Å². The van der Waals surface area contributed by atoms with Crippen LogP contribution in [-0.4, -0.2) is 139 Å². The number of nitrogens with zero attached hydrogens (tertiary/aromatic N) is 4. The molecule has 4 saturated heterocycles. The first kappa shape index (κ1) is 46.2. The Bertz CT molecular complexity index is 2120. The van der Waals surface area contributed by atoms with E-state index in [1.54, 1.807) is 13.8 Å². The van der Waals surface area contributed by atoms with Gasteiger partial charge >= 0.3 is 13.8 Å². The van der Waals surface area contributed by atoms with Crippen LogP contribution in [0.1, 0.15) is 69.9 Å². The van der Waals surface area contributed by atoms with Crippen LogP contribution in [-0.2, 0) is 60.2 Å². The van der Waals surface area contributed by atoms with Crippen LogP contribution in [0.4, 0.5) is 8.78 Å². The van der Waals surface area contributed by atoms with Gasteiger partial charge in [0.25, 0.3) is 0 Å². The maximum absolute atomic E-state index is 14.9. The molecule has 0 bridgehead atoms. The number of aryl methyl sites for hydroxylation is 1. The molecule has 2 aromatic rings. The van der Waals surface area contributed by atoms with Gasteiger partial charge in [0.15, 0.2) is 0 Å². The van der Waals surface area contributed by atoms with Crippen LogP contribution >= 0.6 is 7.82 Å². The smallest absolute Gasteiger partial charge is 0.458 e. The van der Waals surface area contributed by atoms with Crippen LogP contribution in [0.3, 0.4) is 0 Å². The number of esters is 1. The molecule has 23 heteroatoms. The molecule has 0 unspecified atom stereocenters. The second-order valence-corrected chi connectivity index (χ2v) is 17.6. The number of nitrogens with one attached hydrogen (secondary N) is 3. The molecular formula is C39H50F2N7O13P. The summed E-state index contributed by atoms with van der Waals surface area (Å²) in [5.74, 6) is -7.77. The molecule has 0 radical (unpaired) electrons. The molecular weight excluding hydrogens is 843 g/mol. The van der Waals surface area contributed by atoms with Gasteiger partial charge in [-0.2, -0.15) is 0 Å². The fourth-order valence-electron chi connectivity index (χ4n) is 8.57. The van der Waals surface area contributed by atoms with Gasteiger partial charge in [0.05, 0.1) is 18.2 Å². The first-order valence-electron chi connectivity index (χ1n) is 20.3. The van der Waals surface area contributed by atoms with Gasteiger partial charge in [-0.1, -0.05) is 12.1 Å². The van der Waals surface area contributed by atoms with Gasteiger partial charge in [0, 0.05) is 44.6 Å². The monoisotopic (exact) mass is 893 g/mol. The third-order valence-corrected chi connectivity index (χ3v) is 11.9. The van der Waals surface area contributed by atoms with Crippen molar-refractivity contribution >= 4 is 49.2 Å². The van der Waals surface area contributed by atoms with Gasteiger partial charge in [-0.25, -0.2) is 18.1 Å². The van der Waals surface area contributed by atoms with Crippen molar-refractivity contribution in [2.24, 2.45) is 5.92 Å². The summed E-state index contributed by atoms with van der Waals surface area (Å²) in [6, 6.07) is -4.55. The van der Waals surface area contributed by atoms with Crippen LogP contribution in [0.2, 0.25) is 0 Å². The summed E-state index contributed by atoms with van der Waals surface area (Å²) in [6.45, 7) is 5.67. The lowest BCUT2D eigenvalue weighted by Crippen LogP contribution is -2.63. The number of hydrogen-bond donors (Lipinski definition) is 5. The van der Waals surface area contributed by atoms with Crippen molar-refractivity contribution in [1.82, 2.24) is 35.8 Å². The van der Waals surface area contributed by atoms with E-state index in [2.05, 4.69) is 21.1 Å². The first-order chi connectivity index (χ1) is 29.2. The predicted octanol–water partition coefficient (Wildman–Crippen LogP) is 0.163. The molecule has 9 atom stereocenters. The molecule has 0 aliphatic carbocycles. The van der Waals surface area contributed by atoms with E-state index >= 15 is 0 Å². The third kappa shape index (κ3) is 11.0. The summed E-state index contributed by atoms with van der Waals surface area (Å²) in [4.78, 5) is 122. The number of aromatic nitrogens is 1. The summed E-state index contributed by atoms with van der Waals surface area (Å²) in [6.07, 6.45) is -3.05. The molecule has 6 amide bonds. The lowest BCUT2D eigenvalue weighted by Gasteiger charge is -2.39. The number of carbonyl (C=O) groups excluding carboxylic acids is 7. The van der Waals surface area contributed by atoms with Crippen molar-refractivity contribution in [3.63, 3.8) is 0 Å². The van der Waals surface area contributed by atoms with Crippen molar-refractivity contribution in [1.29, 1.82) is 0 Å². The summed E-state index contributed by atoms with van der Waals surface area (Å²) >= 11 is 0. The molecule has 5 N–H and O–H groups in total. The number of piperidine rings is 1. The molecule has 4 aliphatic rings. The highest BCUT2D eigenvalue weighted by molar-refractivity contribution is 7.46. The number of phosphoric ester groups is 1. The molecule has 1 aromatic heterocycles. The Morgan fingerprint density at radius 3 is 2.29 bits per heavy atom. The van der Waals surface area contributed by atoms with E-state index in [1.807, 2.05) is 0 Å². The van der Waals surface area contributed by atoms with Crippen molar-refractivity contribution in [2.45, 2.75) is 121 Å². The molecule has 0 saturated carbocycles. The van der Waals surface area contributed by atoms with Crippen molar-refractivity contribution in [2.75, 3.05) is 19.6 Å². The molecule has 4 fully saturated rings. The Labute approximate surface area is 354 Å². The normalized spacial score (nSPS) is 28.1. The maximum Gasteiger partial charge on any atom is 0.469 e. The van der Waals surface area contributed by atoms with Gasteiger partial charge < -0.3 is 49.7 Å². The van der Waals surface area contributed by atoms with E-state index in [1.165, 1.54) is 29.7 Å². The molecule has 0 spiro atoms. The van der Waals surface area contributed by atoms with E-state index in [9.17, 15) is 56.7 Å². The van der Waals surface area contributed by atoms with Crippen LogP contribution in [0.15, 0.2) is 28.8 Å². The van der Waals surface area contributed by atoms with E-state index in [-0.39, 0.29) is 43.1 Å². The van der Waals surface area contributed by atoms with Gasteiger partial charge in [0.1, 0.15) is 59.7 Å². The zero-order valence-corrected chi connectivity index (χ0v) is 35.3. The van der Waals surface area contributed by atoms with Gasteiger partial charge in [0.2, 0.25) is 35.4 Å². The number of phosphoric acid groups is 1. The number of benzene rings is 1. The SMILES string of the molecule is Cc1cc(CC(=O)N[C@@H](Cc2cc(F)cc(F)c2)C(=O)N[C@@H]2C(=O)N3C[C@H](OP(=O)(O)O)C[C@H]3C(=O)N3CCCC[C@H]3C(=O)N[C@@H](C)C(=O)N3C[C@H](C)C[C@H]3C(=O)O[C@H]2C)no1. The maximum atomic E-state index is 14.9. The minimum atomic E-state index is -5.21. The minimum absolute atomic E-state index is 0.0532. The number of hydrogen-bond acceptors (Lipinski definition) is 12. The quantitative estimate of drug-likeness (QED) is 0.166. The first-order valence-corrected chi connectivity index (χ1v) is 21.8. The van der Waals surface area contributed by atoms with E-state index < -0.39 is 135 Å². The topological polar surface area (TPSA) is 267 Å². The number of cyclic esters (lactones) is 1. The Morgan fingerprint density at radius 1 is 0.935 bits per heavy atom. The molecule has 4 aliphatic heterocycles. The van der Waals surface area contributed by atoms with Crippen molar-refractivity contribution in [3.8, 4) is 0 Å². The molecule has 338 valence electrons. The average Bonchev–Trinajstić information content (AvgIpc) is 3.91. The van der Waals surface area contributed by atoms with Gasteiger partial charge in [-0.05, 0) is 70.1 Å². The second kappa shape index (κ2) is 19.0. The summed E-state index contributed by atoms with van der Waals surface area (Å²) < 4.78 is 56.5. The Hall–Kier alpha value is -5.31. The fourth-order valence-corrected chi connectivity index (χ4v) is 9.11. The number of fused-ring (bicyclic) bond motifs is 3. The molecule has 20 nitrogen and oxygen atoms in total. The Balaban J connectivity index is 1.39. The van der Waals surface area contributed by atoms with Crippen LogP contribution in [0.5, 0.6) is 0 Å². The molecule has 6 rings (SSSR count). The average molecular weight is 894 g/mol. The Morgan fingerprint density at radius 2 is 1.63 bits per heavy atom. The second-order valence-electron chi connectivity index (χ2n) is 16.4. The van der Waals surface area contributed by atoms with E-state index in [0.29, 0.717) is 24.7 Å². The number of rotatable bonds is 9.